The number of likely N-dealkylation sites (N-methyl/N-ethyl adjacent to an activating group) is 1. The third-order valence-electron chi connectivity index (χ3n) is 6.36. The van der Waals surface area contributed by atoms with Gasteiger partial charge in [0.2, 0.25) is 5.85 Å². The van der Waals surface area contributed by atoms with Crippen LogP contribution >= 0.6 is 7.60 Å². The average molecular weight is 525 g/mol. The summed E-state index contributed by atoms with van der Waals surface area (Å²) < 4.78 is 29.4. The molecule has 0 aromatic rings. The predicted molar refractivity (Wildman–Crippen MR) is 146 cm³/mol. The number of aliphatic hydroxyl groups excluding tert-OH is 1. The van der Waals surface area contributed by atoms with E-state index in [1.54, 1.807) is 0 Å². The molecule has 2 unspecified atom stereocenters. The second kappa shape index (κ2) is 22.0. The molecule has 0 heterocycles. The Balaban J connectivity index is 3.89. The summed E-state index contributed by atoms with van der Waals surface area (Å²) in [6.07, 6.45) is 20.3. The van der Waals surface area contributed by atoms with Crippen LogP contribution in [0.1, 0.15) is 110 Å². The summed E-state index contributed by atoms with van der Waals surface area (Å²) in [5.74, 6) is -0.893. The molecule has 8 heteroatoms. The molecule has 0 aliphatic carbocycles. The Morgan fingerprint density at radius 2 is 1.20 bits per heavy atom. The van der Waals surface area contributed by atoms with Crippen molar-refractivity contribution in [1.29, 1.82) is 0 Å². The third kappa shape index (κ3) is 21.8. The highest BCUT2D eigenvalue weighted by molar-refractivity contribution is 7.53. The fraction of sp³-hybridized carbons (Fsp3) is 1.00. The third-order valence-corrected chi connectivity index (χ3v) is 7.92. The predicted octanol–water partition coefficient (Wildman–Crippen LogP) is 6.51. The number of ether oxygens (including phenoxy) is 2. The summed E-state index contributed by atoms with van der Waals surface area (Å²) in [7, 11) is 3.30. The highest BCUT2D eigenvalue weighted by atomic mass is 31.2. The topological polar surface area (TPSA) is 85.2 Å². The summed E-state index contributed by atoms with van der Waals surface area (Å²) in [5.41, 5.74) is 0. The van der Waals surface area contributed by atoms with Gasteiger partial charge in [0, 0.05) is 13.7 Å². The van der Waals surface area contributed by atoms with Gasteiger partial charge in [-0.05, 0) is 6.42 Å². The molecule has 0 saturated carbocycles. The molecule has 0 radical (unpaired) electrons. The fourth-order valence-corrected chi connectivity index (χ4v) is 5.59. The SMILES string of the molecule is CCCCCCCCCCCCCCCCCCOC(C[N+](C)(C)C)P(=O)(O)OC[C@@H](CO)OC. The van der Waals surface area contributed by atoms with Gasteiger partial charge in [-0.3, -0.25) is 4.57 Å². The van der Waals surface area contributed by atoms with E-state index in [0.29, 0.717) is 17.6 Å². The smallest absolute Gasteiger partial charge is 0.362 e. The number of rotatable bonds is 26. The number of hydrogen-bond donors (Lipinski definition) is 2. The van der Waals surface area contributed by atoms with E-state index < -0.39 is 19.5 Å². The van der Waals surface area contributed by atoms with Crippen molar-refractivity contribution >= 4 is 7.60 Å². The molecule has 0 fully saturated rings. The average Bonchev–Trinajstić information content (AvgIpc) is 2.80. The molecule has 3 atom stereocenters. The van der Waals surface area contributed by atoms with Crippen molar-refractivity contribution in [2.75, 3.05) is 54.6 Å². The molecule has 0 saturated heterocycles. The van der Waals surface area contributed by atoms with Gasteiger partial charge in [-0.25, -0.2) is 0 Å². The van der Waals surface area contributed by atoms with Gasteiger partial charge in [-0.1, -0.05) is 103 Å². The van der Waals surface area contributed by atoms with Gasteiger partial charge in [0.05, 0.1) is 34.4 Å². The van der Waals surface area contributed by atoms with Crippen LogP contribution in [0.15, 0.2) is 0 Å². The first kappa shape index (κ1) is 35.0. The zero-order valence-electron chi connectivity index (χ0n) is 23.7. The first-order valence-corrected chi connectivity index (χ1v) is 15.8. The molecule has 0 bridgehead atoms. The van der Waals surface area contributed by atoms with Crippen LogP contribution in [0.5, 0.6) is 0 Å². The van der Waals surface area contributed by atoms with Crippen molar-refractivity contribution in [3.63, 3.8) is 0 Å². The van der Waals surface area contributed by atoms with E-state index in [9.17, 15) is 14.6 Å². The van der Waals surface area contributed by atoms with Crippen LogP contribution in [-0.4, -0.2) is 81.1 Å². The van der Waals surface area contributed by atoms with Crippen LogP contribution in [0.25, 0.3) is 0 Å². The maximum atomic E-state index is 12.8. The van der Waals surface area contributed by atoms with Crippen molar-refractivity contribution in [2.45, 2.75) is 122 Å². The quantitative estimate of drug-likeness (QED) is 0.0763. The second-order valence-corrected chi connectivity index (χ2v) is 13.0. The molecule has 0 aromatic heterocycles. The molecule has 0 rings (SSSR count). The van der Waals surface area contributed by atoms with Crippen LogP contribution in [0.2, 0.25) is 0 Å². The lowest BCUT2D eigenvalue weighted by molar-refractivity contribution is -0.872. The number of hydrogen-bond acceptors (Lipinski definition) is 5. The Hall–Kier alpha value is -0.0100. The minimum absolute atomic E-state index is 0.142. The molecular weight excluding hydrogens is 465 g/mol. The van der Waals surface area contributed by atoms with Crippen molar-refractivity contribution in [1.82, 2.24) is 0 Å². The minimum atomic E-state index is -4.00. The minimum Gasteiger partial charge on any atom is -0.394 e. The van der Waals surface area contributed by atoms with Crippen LogP contribution < -0.4 is 0 Å². The van der Waals surface area contributed by atoms with E-state index in [1.807, 2.05) is 21.1 Å². The van der Waals surface area contributed by atoms with Crippen LogP contribution in [0.4, 0.5) is 0 Å². The highest BCUT2D eigenvalue weighted by Gasteiger charge is 2.38. The van der Waals surface area contributed by atoms with Crippen LogP contribution in [0, 0.1) is 0 Å². The van der Waals surface area contributed by atoms with Crippen molar-refractivity contribution in [3.05, 3.63) is 0 Å². The first-order chi connectivity index (χ1) is 16.7. The van der Waals surface area contributed by atoms with Gasteiger partial charge in [-0.15, -0.1) is 0 Å². The summed E-state index contributed by atoms with van der Waals surface area (Å²) in [6.45, 7) is 2.68. The van der Waals surface area contributed by atoms with Crippen molar-refractivity contribution in [2.24, 2.45) is 0 Å². The summed E-state index contributed by atoms with van der Waals surface area (Å²) in [5, 5.41) is 9.20. The molecule has 0 aromatic carbocycles. The largest absolute Gasteiger partial charge is 0.394 e. The molecule has 0 amide bonds. The second-order valence-electron chi connectivity index (χ2n) is 11.0. The lowest BCUT2D eigenvalue weighted by Crippen LogP contribution is -2.42. The maximum Gasteiger partial charge on any atom is 0.362 e. The molecule has 0 aliphatic rings. The lowest BCUT2D eigenvalue weighted by Gasteiger charge is -2.31. The Bertz CT molecular complexity index is 510. The van der Waals surface area contributed by atoms with E-state index in [4.69, 9.17) is 14.0 Å². The van der Waals surface area contributed by atoms with E-state index in [0.717, 1.165) is 12.8 Å². The van der Waals surface area contributed by atoms with Crippen molar-refractivity contribution < 1.29 is 33.0 Å². The molecule has 2 N–H and O–H groups in total. The molecule has 0 spiro atoms. The first-order valence-electron chi connectivity index (χ1n) is 14.2. The molecule has 35 heavy (non-hydrogen) atoms. The number of unbranched alkanes of at least 4 members (excludes halogenated alkanes) is 15. The van der Waals surface area contributed by atoms with Crippen molar-refractivity contribution in [3.8, 4) is 0 Å². The number of quaternary nitrogens is 1. The van der Waals surface area contributed by atoms with E-state index >= 15 is 0 Å². The number of methoxy groups -OCH3 is 1. The summed E-state index contributed by atoms with van der Waals surface area (Å²) in [6, 6.07) is 0. The fourth-order valence-electron chi connectivity index (χ4n) is 4.06. The van der Waals surface area contributed by atoms with Gasteiger partial charge >= 0.3 is 7.60 Å². The highest BCUT2D eigenvalue weighted by Crippen LogP contribution is 2.48. The normalized spacial score (nSPS) is 15.7. The monoisotopic (exact) mass is 524 g/mol. The summed E-state index contributed by atoms with van der Waals surface area (Å²) >= 11 is 0. The Morgan fingerprint density at radius 3 is 1.57 bits per heavy atom. The molecule has 0 aliphatic heterocycles. The molecular formula is C27H59NO6P+. The van der Waals surface area contributed by atoms with E-state index in [2.05, 4.69) is 6.92 Å². The number of aliphatic hydroxyl groups is 1. The van der Waals surface area contributed by atoms with Crippen LogP contribution in [0.3, 0.4) is 0 Å². The molecule has 7 nitrogen and oxygen atoms in total. The Kier molecular flexibility index (Phi) is 22.0. The van der Waals surface area contributed by atoms with Gasteiger partial charge in [-0.2, -0.15) is 0 Å². The Morgan fingerprint density at radius 1 is 0.771 bits per heavy atom. The lowest BCUT2D eigenvalue weighted by atomic mass is 10.0. The number of nitrogens with zero attached hydrogens (tertiary/aromatic N) is 1. The van der Waals surface area contributed by atoms with Gasteiger partial charge in [0.25, 0.3) is 0 Å². The zero-order valence-corrected chi connectivity index (χ0v) is 24.6. The van der Waals surface area contributed by atoms with E-state index in [1.165, 1.54) is 97.0 Å². The van der Waals surface area contributed by atoms with Crippen LogP contribution in [-0.2, 0) is 18.6 Å². The standard InChI is InChI=1S/C27H58NO6P/c1-6-7-8-9-10-11-12-13-14-15-16-17-18-19-20-21-22-33-27(23-28(2,3)4)35(30,31)34-25-26(24-29)32-5/h26-27,29H,6-25H2,1-5H3/p+1/t26-,27?/m1/s1. The molecule has 212 valence electrons. The van der Waals surface area contributed by atoms with Gasteiger partial charge < -0.3 is 28.5 Å². The maximum absolute atomic E-state index is 12.8. The van der Waals surface area contributed by atoms with E-state index in [-0.39, 0.29) is 13.2 Å². The van der Waals surface area contributed by atoms with Gasteiger partial charge in [0.1, 0.15) is 12.6 Å². The van der Waals surface area contributed by atoms with Gasteiger partial charge in [0.15, 0.2) is 0 Å². The Labute approximate surface area is 217 Å². The summed E-state index contributed by atoms with van der Waals surface area (Å²) in [4.78, 5) is 10.5. The zero-order chi connectivity index (χ0) is 26.4.